The number of nitrogens with zero attached hydrogens (tertiary/aromatic N) is 2. The first-order valence-electron chi connectivity index (χ1n) is 10.5. The van der Waals surface area contributed by atoms with Crippen LogP contribution >= 0.6 is 0 Å². The van der Waals surface area contributed by atoms with E-state index in [2.05, 4.69) is 10.3 Å². The largest absolute Gasteiger partial charge is 0.497 e. The van der Waals surface area contributed by atoms with E-state index in [1.165, 1.54) is 12.0 Å². The van der Waals surface area contributed by atoms with Crippen molar-refractivity contribution in [3.05, 3.63) is 88.9 Å². The molecule has 0 radical (unpaired) electrons. The summed E-state index contributed by atoms with van der Waals surface area (Å²) in [7, 11) is 3.10. The summed E-state index contributed by atoms with van der Waals surface area (Å²) in [5, 5.41) is 3.16. The van der Waals surface area contributed by atoms with Crippen molar-refractivity contribution >= 4 is 23.1 Å². The molecule has 0 saturated heterocycles. The molecule has 1 aliphatic rings. The van der Waals surface area contributed by atoms with Crippen LogP contribution in [0.25, 0.3) is 5.57 Å². The summed E-state index contributed by atoms with van der Waals surface area (Å²) in [5.74, 6) is 0.322. The Labute approximate surface area is 192 Å². The van der Waals surface area contributed by atoms with Gasteiger partial charge in [0.1, 0.15) is 17.2 Å². The number of aryl methyl sites for hydroxylation is 2. The number of rotatable bonds is 7. The van der Waals surface area contributed by atoms with Crippen molar-refractivity contribution in [1.82, 2.24) is 9.88 Å². The van der Waals surface area contributed by atoms with E-state index in [1.807, 2.05) is 38.1 Å². The maximum Gasteiger partial charge on any atom is 0.278 e. The first-order valence-corrected chi connectivity index (χ1v) is 10.5. The van der Waals surface area contributed by atoms with E-state index in [0.29, 0.717) is 34.0 Å². The van der Waals surface area contributed by atoms with Crippen LogP contribution in [-0.2, 0) is 16.1 Å². The molecule has 1 N–H and O–H groups in total. The summed E-state index contributed by atoms with van der Waals surface area (Å²) >= 11 is 0. The van der Waals surface area contributed by atoms with Crippen molar-refractivity contribution in [3.63, 3.8) is 0 Å². The van der Waals surface area contributed by atoms with Gasteiger partial charge < -0.3 is 14.8 Å². The number of nitrogens with one attached hydrogen (secondary N) is 1. The predicted molar refractivity (Wildman–Crippen MR) is 126 cm³/mol. The van der Waals surface area contributed by atoms with Gasteiger partial charge in [-0.1, -0.05) is 29.8 Å². The number of carbonyl (C=O) groups is 2. The Morgan fingerprint density at radius 2 is 1.76 bits per heavy atom. The van der Waals surface area contributed by atoms with Gasteiger partial charge in [0.15, 0.2) is 0 Å². The van der Waals surface area contributed by atoms with Gasteiger partial charge in [-0.05, 0) is 49.2 Å². The fourth-order valence-corrected chi connectivity index (χ4v) is 3.87. The Bertz CT molecular complexity index is 1250. The van der Waals surface area contributed by atoms with Gasteiger partial charge in [0, 0.05) is 12.3 Å². The zero-order valence-corrected chi connectivity index (χ0v) is 19.0. The molecule has 2 aromatic carbocycles. The van der Waals surface area contributed by atoms with Gasteiger partial charge in [-0.15, -0.1) is 0 Å². The topological polar surface area (TPSA) is 80.8 Å². The summed E-state index contributed by atoms with van der Waals surface area (Å²) in [6.07, 6.45) is 1.64. The molecule has 0 atom stereocenters. The first kappa shape index (κ1) is 22.1. The summed E-state index contributed by atoms with van der Waals surface area (Å²) in [6.45, 7) is 4.00. The maximum atomic E-state index is 13.5. The molecule has 0 spiro atoms. The second-order valence-corrected chi connectivity index (χ2v) is 7.78. The Kier molecular flexibility index (Phi) is 6.13. The molecule has 2 amide bonds. The third-order valence-corrected chi connectivity index (χ3v) is 5.53. The lowest BCUT2D eigenvalue weighted by Gasteiger charge is -2.15. The van der Waals surface area contributed by atoms with Gasteiger partial charge in [-0.2, -0.15) is 0 Å². The number of hydrogen-bond donors (Lipinski definition) is 1. The summed E-state index contributed by atoms with van der Waals surface area (Å²) < 4.78 is 10.7. The number of amides is 2. The first-order chi connectivity index (χ1) is 15.9. The van der Waals surface area contributed by atoms with Crippen molar-refractivity contribution in [2.45, 2.75) is 20.4 Å². The number of pyridine rings is 1. The number of methoxy groups -OCH3 is 2. The Hall–Kier alpha value is -4.13. The molecule has 2 heterocycles. The van der Waals surface area contributed by atoms with E-state index in [4.69, 9.17) is 9.47 Å². The van der Waals surface area contributed by atoms with Crippen molar-refractivity contribution in [1.29, 1.82) is 0 Å². The van der Waals surface area contributed by atoms with Gasteiger partial charge in [-0.25, -0.2) is 0 Å². The zero-order chi connectivity index (χ0) is 23.5. The second kappa shape index (κ2) is 9.16. The SMILES string of the molecule is COc1ccc(NC2=C(c3ccc(C)cc3C)C(=O)N(Cc3ccccn3)C2=O)c(OC)c1. The van der Waals surface area contributed by atoms with Crippen molar-refractivity contribution in [2.24, 2.45) is 0 Å². The van der Waals surface area contributed by atoms with Crippen molar-refractivity contribution in [2.75, 3.05) is 19.5 Å². The fourth-order valence-electron chi connectivity index (χ4n) is 3.87. The van der Waals surface area contributed by atoms with Crippen LogP contribution < -0.4 is 14.8 Å². The number of hydrogen-bond acceptors (Lipinski definition) is 6. The Morgan fingerprint density at radius 3 is 2.42 bits per heavy atom. The highest BCUT2D eigenvalue weighted by Gasteiger charge is 2.40. The van der Waals surface area contributed by atoms with Crippen LogP contribution in [0.15, 0.2) is 66.5 Å². The van der Waals surface area contributed by atoms with Crippen LogP contribution in [0.5, 0.6) is 11.5 Å². The molecular weight excluding hydrogens is 418 g/mol. The van der Waals surface area contributed by atoms with Crippen LogP contribution in [-0.4, -0.2) is 35.9 Å². The lowest BCUT2D eigenvalue weighted by atomic mass is 9.97. The number of anilines is 1. The normalized spacial score (nSPS) is 13.5. The van der Waals surface area contributed by atoms with Gasteiger partial charge in [0.05, 0.1) is 37.7 Å². The lowest BCUT2D eigenvalue weighted by Crippen LogP contribution is -2.32. The highest BCUT2D eigenvalue weighted by Crippen LogP contribution is 2.36. The van der Waals surface area contributed by atoms with E-state index in [-0.39, 0.29) is 18.1 Å². The molecule has 4 rings (SSSR count). The minimum atomic E-state index is -0.418. The molecule has 33 heavy (non-hydrogen) atoms. The smallest absolute Gasteiger partial charge is 0.278 e. The minimum Gasteiger partial charge on any atom is -0.497 e. The molecule has 0 saturated carbocycles. The van der Waals surface area contributed by atoms with E-state index >= 15 is 0 Å². The van der Waals surface area contributed by atoms with E-state index in [1.54, 1.807) is 43.6 Å². The van der Waals surface area contributed by atoms with Crippen molar-refractivity contribution < 1.29 is 19.1 Å². The molecule has 3 aromatic rings. The molecular formula is C26H25N3O4. The summed E-state index contributed by atoms with van der Waals surface area (Å²) in [5.41, 5.74) is 4.39. The van der Waals surface area contributed by atoms with Crippen LogP contribution in [0.1, 0.15) is 22.4 Å². The maximum absolute atomic E-state index is 13.5. The Balaban J connectivity index is 1.80. The van der Waals surface area contributed by atoms with E-state index < -0.39 is 5.91 Å². The fraction of sp³-hybridized carbons (Fsp3) is 0.192. The number of imide groups is 1. The average Bonchev–Trinajstić information content (AvgIpc) is 3.04. The molecule has 0 bridgehead atoms. The molecule has 0 fully saturated rings. The van der Waals surface area contributed by atoms with Gasteiger partial charge >= 0.3 is 0 Å². The van der Waals surface area contributed by atoms with E-state index in [9.17, 15) is 9.59 Å². The third-order valence-electron chi connectivity index (χ3n) is 5.53. The van der Waals surface area contributed by atoms with E-state index in [0.717, 1.165) is 11.1 Å². The zero-order valence-electron chi connectivity index (χ0n) is 19.0. The monoisotopic (exact) mass is 443 g/mol. The quantitative estimate of drug-likeness (QED) is 0.554. The number of benzene rings is 2. The number of ether oxygens (including phenoxy) is 2. The minimum absolute atomic E-state index is 0.0812. The molecule has 7 heteroatoms. The molecule has 168 valence electrons. The van der Waals surface area contributed by atoms with Gasteiger partial charge in [0.25, 0.3) is 11.8 Å². The van der Waals surface area contributed by atoms with Crippen molar-refractivity contribution in [3.8, 4) is 11.5 Å². The molecule has 0 aliphatic carbocycles. The lowest BCUT2D eigenvalue weighted by molar-refractivity contribution is -0.137. The van der Waals surface area contributed by atoms with Crippen LogP contribution in [0.2, 0.25) is 0 Å². The molecule has 1 aromatic heterocycles. The number of carbonyl (C=O) groups excluding carboxylic acids is 2. The third kappa shape index (κ3) is 4.30. The van der Waals surface area contributed by atoms with Gasteiger partial charge in [-0.3, -0.25) is 19.5 Å². The second-order valence-electron chi connectivity index (χ2n) is 7.78. The predicted octanol–water partition coefficient (Wildman–Crippen LogP) is 4.11. The standard InChI is InChI=1S/C26H25N3O4/c1-16-8-10-20(17(2)13-16)23-24(28-21-11-9-19(32-3)14-22(21)33-4)26(31)29(25(23)30)15-18-7-5-6-12-27-18/h5-14,28H,15H2,1-4H3. The molecule has 7 nitrogen and oxygen atoms in total. The summed E-state index contributed by atoms with van der Waals surface area (Å²) in [6, 6.07) is 16.4. The average molecular weight is 444 g/mol. The van der Waals surface area contributed by atoms with Gasteiger partial charge in [0.2, 0.25) is 0 Å². The highest BCUT2D eigenvalue weighted by atomic mass is 16.5. The van der Waals surface area contributed by atoms with Crippen LogP contribution in [0.4, 0.5) is 5.69 Å². The molecule has 1 aliphatic heterocycles. The molecule has 0 unspecified atom stereocenters. The van der Waals surface area contributed by atoms with Crippen LogP contribution in [0.3, 0.4) is 0 Å². The Morgan fingerprint density at radius 1 is 0.939 bits per heavy atom. The van der Waals surface area contributed by atoms with Crippen LogP contribution in [0, 0.1) is 13.8 Å². The number of aromatic nitrogens is 1. The highest BCUT2D eigenvalue weighted by molar-refractivity contribution is 6.36. The summed E-state index contributed by atoms with van der Waals surface area (Å²) in [4.78, 5) is 32.5.